The minimum Gasteiger partial charge on any atom is -0.228 e. The highest BCUT2D eigenvalue weighted by molar-refractivity contribution is 7.25. The molecule has 54 heavy (non-hydrogen) atoms. The Balaban J connectivity index is 1.09. The smallest absolute Gasteiger partial charge is 0.161 e. The van der Waals surface area contributed by atoms with Gasteiger partial charge in [0.25, 0.3) is 0 Å². The molecule has 11 rings (SSSR count). The van der Waals surface area contributed by atoms with Crippen LogP contribution >= 0.6 is 11.3 Å². The van der Waals surface area contributed by atoms with Crippen molar-refractivity contribution < 1.29 is 0 Å². The molecule has 0 radical (unpaired) electrons. The van der Waals surface area contributed by atoms with Crippen LogP contribution in [0.2, 0.25) is 0 Å². The summed E-state index contributed by atoms with van der Waals surface area (Å²) in [6.45, 7) is 4.73. The normalized spacial score (nSPS) is 13.1. The number of fused-ring (bicyclic) bond motifs is 8. The first-order valence-corrected chi connectivity index (χ1v) is 19.4. The van der Waals surface area contributed by atoms with E-state index in [0.29, 0.717) is 0 Å². The molecule has 0 spiro atoms. The molecule has 0 saturated carbocycles. The van der Waals surface area contributed by atoms with Crippen LogP contribution in [0.4, 0.5) is 0 Å². The Kier molecular flexibility index (Phi) is 6.80. The van der Waals surface area contributed by atoms with Gasteiger partial charge in [-0.05, 0) is 97.4 Å². The van der Waals surface area contributed by atoms with E-state index in [1.54, 1.807) is 0 Å². The van der Waals surface area contributed by atoms with E-state index >= 15 is 0 Å². The first-order chi connectivity index (χ1) is 26.5. The second kappa shape index (κ2) is 11.8. The standard InChI is InChI=1S/C51H34N2S/c1-51(2)43-29-34(23-24-38(43)42-27-32-15-6-7-16-33(32)28-44(42)51)35-25-26-39(37-18-9-8-17-36(35)37)50-52-45(31-13-4-3-5-14-31)30-46(53-50)40-20-12-22-48-49(40)41-19-10-11-21-47(41)54-48/h3-30H,1-2H3. The Bertz CT molecular complexity index is 3130. The van der Waals surface area contributed by atoms with E-state index in [9.17, 15) is 0 Å². The molecule has 2 nitrogen and oxygen atoms in total. The molecule has 0 fully saturated rings. The summed E-state index contributed by atoms with van der Waals surface area (Å²) in [6, 6.07) is 61.7. The number of aromatic nitrogens is 2. The minimum absolute atomic E-state index is 0.112. The van der Waals surface area contributed by atoms with Crippen molar-refractivity contribution >= 4 is 53.1 Å². The zero-order chi connectivity index (χ0) is 36.0. The highest BCUT2D eigenvalue weighted by Crippen LogP contribution is 2.51. The van der Waals surface area contributed by atoms with E-state index in [0.717, 1.165) is 39.3 Å². The number of rotatable bonds is 4. The maximum atomic E-state index is 5.39. The van der Waals surface area contributed by atoms with Crippen molar-refractivity contribution in [3.8, 4) is 56.2 Å². The number of nitrogens with zero attached hydrogens (tertiary/aromatic N) is 2. The van der Waals surface area contributed by atoms with E-state index in [2.05, 4.69) is 184 Å². The third kappa shape index (κ3) is 4.72. The van der Waals surface area contributed by atoms with Crippen LogP contribution in [0.1, 0.15) is 25.0 Å². The molecule has 0 amide bonds. The Morgan fingerprint density at radius 1 is 0.407 bits per heavy atom. The topological polar surface area (TPSA) is 25.8 Å². The van der Waals surface area contributed by atoms with Gasteiger partial charge in [-0.1, -0.05) is 141 Å². The molecule has 0 aliphatic heterocycles. The monoisotopic (exact) mass is 706 g/mol. The molecule has 2 heterocycles. The van der Waals surface area contributed by atoms with Gasteiger partial charge < -0.3 is 0 Å². The highest BCUT2D eigenvalue weighted by Gasteiger charge is 2.36. The van der Waals surface area contributed by atoms with E-state index in [1.807, 2.05) is 11.3 Å². The summed E-state index contributed by atoms with van der Waals surface area (Å²) in [6.07, 6.45) is 0. The summed E-state index contributed by atoms with van der Waals surface area (Å²) in [5.41, 5.74) is 12.8. The molecule has 0 atom stereocenters. The first-order valence-electron chi connectivity index (χ1n) is 18.6. The maximum absolute atomic E-state index is 5.39. The van der Waals surface area contributed by atoms with Gasteiger partial charge in [-0.15, -0.1) is 11.3 Å². The first kappa shape index (κ1) is 31.1. The number of thiophene rings is 1. The van der Waals surface area contributed by atoms with Crippen LogP contribution < -0.4 is 0 Å². The molecule has 1 aliphatic rings. The zero-order valence-corrected chi connectivity index (χ0v) is 30.8. The van der Waals surface area contributed by atoms with Crippen LogP contribution in [0, 0.1) is 0 Å². The summed E-state index contributed by atoms with van der Waals surface area (Å²) < 4.78 is 2.55. The third-order valence-electron chi connectivity index (χ3n) is 11.5. The number of hydrogen-bond donors (Lipinski definition) is 0. The van der Waals surface area contributed by atoms with Gasteiger partial charge in [-0.3, -0.25) is 0 Å². The Morgan fingerprint density at radius 2 is 1.04 bits per heavy atom. The lowest BCUT2D eigenvalue weighted by molar-refractivity contribution is 0.661. The van der Waals surface area contributed by atoms with Gasteiger partial charge in [-0.25, -0.2) is 9.97 Å². The summed E-state index contributed by atoms with van der Waals surface area (Å²) in [4.78, 5) is 10.7. The van der Waals surface area contributed by atoms with Crippen molar-refractivity contribution in [2.75, 3.05) is 0 Å². The quantitative estimate of drug-likeness (QED) is 0.182. The molecule has 0 bridgehead atoms. The van der Waals surface area contributed by atoms with Crippen molar-refractivity contribution in [2.45, 2.75) is 19.3 Å². The SMILES string of the molecule is CC1(C)c2cc(-c3ccc(-c4nc(-c5ccccc5)cc(-c5cccc6sc7ccccc7c56)n4)c4ccccc34)ccc2-c2cc3ccccc3cc21. The Labute approximate surface area is 318 Å². The van der Waals surface area contributed by atoms with Crippen molar-refractivity contribution in [3.05, 3.63) is 181 Å². The lowest BCUT2D eigenvalue weighted by Gasteiger charge is -2.22. The largest absolute Gasteiger partial charge is 0.228 e. The predicted molar refractivity (Wildman–Crippen MR) is 229 cm³/mol. The van der Waals surface area contributed by atoms with Crippen LogP contribution in [0.25, 0.3) is 97.9 Å². The Morgan fingerprint density at radius 3 is 1.87 bits per heavy atom. The minimum atomic E-state index is -0.112. The average molecular weight is 707 g/mol. The fourth-order valence-corrected chi connectivity index (χ4v) is 9.92. The van der Waals surface area contributed by atoms with Crippen molar-refractivity contribution in [1.29, 1.82) is 0 Å². The zero-order valence-electron chi connectivity index (χ0n) is 30.0. The van der Waals surface area contributed by atoms with Crippen LogP contribution in [0.5, 0.6) is 0 Å². The van der Waals surface area contributed by atoms with Gasteiger partial charge in [0.1, 0.15) is 0 Å². The van der Waals surface area contributed by atoms with E-state index in [1.165, 1.54) is 69.7 Å². The number of benzene rings is 8. The van der Waals surface area contributed by atoms with Crippen LogP contribution in [-0.2, 0) is 5.41 Å². The number of hydrogen-bond acceptors (Lipinski definition) is 3. The predicted octanol–water partition coefficient (Wildman–Crippen LogP) is 14.1. The van der Waals surface area contributed by atoms with Crippen LogP contribution in [0.3, 0.4) is 0 Å². The van der Waals surface area contributed by atoms with Gasteiger partial charge in [-0.2, -0.15) is 0 Å². The van der Waals surface area contributed by atoms with Gasteiger partial charge >= 0.3 is 0 Å². The summed E-state index contributed by atoms with van der Waals surface area (Å²) in [5.74, 6) is 0.725. The molecule has 0 N–H and O–H groups in total. The average Bonchev–Trinajstić information content (AvgIpc) is 3.71. The van der Waals surface area contributed by atoms with Crippen molar-refractivity contribution in [2.24, 2.45) is 0 Å². The fraction of sp³-hybridized carbons (Fsp3) is 0.0588. The third-order valence-corrected chi connectivity index (χ3v) is 12.6. The summed E-state index contributed by atoms with van der Waals surface area (Å²) in [7, 11) is 0. The Hall–Kier alpha value is -6.42. The lowest BCUT2D eigenvalue weighted by Crippen LogP contribution is -2.15. The molecule has 2 aromatic heterocycles. The van der Waals surface area contributed by atoms with Crippen molar-refractivity contribution in [1.82, 2.24) is 9.97 Å². The second-order valence-corrected chi connectivity index (χ2v) is 16.0. The molecule has 10 aromatic rings. The van der Waals surface area contributed by atoms with Gasteiger partial charge in [0, 0.05) is 42.3 Å². The molecule has 8 aromatic carbocycles. The van der Waals surface area contributed by atoms with Crippen LogP contribution in [0.15, 0.2) is 170 Å². The molecule has 0 unspecified atom stereocenters. The van der Waals surface area contributed by atoms with Crippen LogP contribution in [-0.4, -0.2) is 9.97 Å². The lowest BCUT2D eigenvalue weighted by atomic mass is 9.81. The molecular weight excluding hydrogens is 673 g/mol. The second-order valence-electron chi connectivity index (χ2n) is 14.9. The van der Waals surface area contributed by atoms with E-state index in [4.69, 9.17) is 9.97 Å². The van der Waals surface area contributed by atoms with Gasteiger partial charge in [0.2, 0.25) is 0 Å². The van der Waals surface area contributed by atoms with Gasteiger partial charge in [0.15, 0.2) is 5.82 Å². The molecule has 0 saturated heterocycles. The van der Waals surface area contributed by atoms with E-state index in [-0.39, 0.29) is 5.41 Å². The molecular formula is C51H34N2S. The van der Waals surface area contributed by atoms with E-state index < -0.39 is 0 Å². The molecule has 3 heteroatoms. The summed E-state index contributed by atoms with van der Waals surface area (Å²) >= 11 is 1.83. The highest BCUT2D eigenvalue weighted by atomic mass is 32.1. The molecule has 254 valence electrons. The summed E-state index contributed by atoms with van der Waals surface area (Å²) in [5, 5.41) is 7.42. The molecule has 1 aliphatic carbocycles. The maximum Gasteiger partial charge on any atom is 0.161 e. The fourth-order valence-electron chi connectivity index (χ4n) is 8.79. The van der Waals surface area contributed by atoms with Gasteiger partial charge in [0.05, 0.1) is 11.4 Å². The van der Waals surface area contributed by atoms with Crippen molar-refractivity contribution in [3.63, 3.8) is 0 Å².